The molecule has 2 aromatic carbocycles. The minimum absolute atomic E-state index is 0.0355. The highest BCUT2D eigenvalue weighted by atomic mass is 16.3. The number of rotatable bonds is 10. The third-order valence-electron chi connectivity index (χ3n) is 6.27. The zero-order chi connectivity index (χ0) is 20.9. The first-order valence-electron chi connectivity index (χ1n) is 10.9. The fourth-order valence-corrected chi connectivity index (χ4v) is 4.30. The van der Waals surface area contributed by atoms with E-state index in [1.807, 2.05) is 36.4 Å². The Hall–Kier alpha value is -2.66. The van der Waals surface area contributed by atoms with Gasteiger partial charge in [-0.15, -0.1) is 0 Å². The molecule has 0 aliphatic heterocycles. The van der Waals surface area contributed by atoms with Crippen LogP contribution in [0.4, 0.5) is 0 Å². The van der Waals surface area contributed by atoms with Crippen LogP contribution in [0.2, 0.25) is 0 Å². The van der Waals surface area contributed by atoms with Crippen LogP contribution < -0.4 is 10.6 Å². The SMILES string of the molecule is O=C(CC(O)CC(=O)NC[C@@H]1C[C@H]1c1ccccc1)NC[C@@H]1C[C@H]1c1ccccc1. The summed E-state index contributed by atoms with van der Waals surface area (Å²) in [7, 11) is 0. The van der Waals surface area contributed by atoms with Gasteiger partial charge in [0, 0.05) is 13.1 Å². The molecule has 2 fully saturated rings. The van der Waals surface area contributed by atoms with Crippen LogP contribution in [0.25, 0.3) is 0 Å². The van der Waals surface area contributed by atoms with E-state index < -0.39 is 6.10 Å². The number of hydrogen-bond acceptors (Lipinski definition) is 3. The first-order chi connectivity index (χ1) is 14.6. The lowest BCUT2D eigenvalue weighted by molar-refractivity contribution is -0.125. The van der Waals surface area contributed by atoms with Gasteiger partial charge in [-0.25, -0.2) is 0 Å². The van der Waals surface area contributed by atoms with E-state index in [-0.39, 0.29) is 24.7 Å². The van der Waals surface area contributed by atoms with Crippen molar-refractivity contribution in [3.63, 3.8) is 0 Å². The number of carbonyl (C=O) groups is 2. The van der Waals surface area contributed by atoms with Crippen LogP contribution in [0.1, 0.15) is 48.6 Å². The summed E-state index contributed by atoms with van der Waals surface area (Å²) < 4.78 is 0. The molecule has 5 nitrogen and oxygen atoms in total. The molecule has 2 saturated carbocycles. The van der Waals surface area contributed by atoms with Crippen LogP contribution in [0.15, 0.2) is 60.7 Å². The summed E-state index contributed by atoms with van der Waals surface area (Å²) in [5.41, 5.74) is 2.64. The van der Waals surface area contributed by atoms with Gasteiger partial charge < -0.3 is 15.7 Å². The van der Waals surface area contributed by atoms with Gasteiger partial charge in [0.1, 0.15) is 0 Å². The summed E-state index contributed by atoms with van der Waals surface area (Å²) in [6.45, 7) is 1.25. The molecule has 2 amide bonds. The third kappa shape index (κ3) is 5.70. The summed E-state index contributed by atoms with van der Waals surface area (Å²) in [5.74, 6) is 1.58. The van der Waals surface area contributed by atoms with E-state index in [1.165, 1.54) is 11.1 Å². The van der Waals surface area contributed by atoms with E-state index >= 15 is 0 Å². The molecule has 2 aliphatic carbocycles. The van der Waals surface area contributed by atoms with E-state index in [0.29, 0.717) is 36.8 Å². The van der Waals surface area contributed by atoms with E-state index in [9.17, 15) is 14.7 Å². The smallest absolute Gasteiger partial charge is 0.222 e. The van der Waals surface area contributed by atoms with E-state index in [2.05, 4.69) is 34.9 Å². The second-order valence-corrected chi connectivity index (χ2v) is 8.70. The molecule has 0 heterocycles. The van der Waals surface area contributed by atoms with Crippen LogP contribution >= 0.6 is 0 Å². The number of nitrogens with one attached hydrogen (secondary N) is 2. The van der Waals surface area contributed by atoms with Crippen molar-refractivity contribution in [3.05, 3.63) is 71.8 Å². The molecule has 4 atom stereocenters. The van der Waals surface area contributed by atoms with E-state index in [1.54, 1.807) is 0 Å². The zero-order valence-corrected chi connectivity index (χ0v) is 17.2. The van der Waals surface area contributed by atoms with Gasteiger partial charge in [0.25, 0.3) is 0 Å². The molecule has 158 valence electrons. The van der Waals surface area contributed by atoms with Crippen LogP contribution in [-0.4, -0.2) is 36.1 Å². The summed E-state index contributed by atoms with van der Waals surface area (Å²) in [4.78, 5) is 24.2. The molecule has 5 heteroatoms. The Morgan fingerprint density at radius 3 is 1.57 bits per heavy atom. The average molecular weight is 407 g/mol. The monoisotopic (exact) mass is 406 g/mol. The molecule has 2 aromatic rings. The van der Waals surface area contributed by atoms with Crippen LogP contribution in [0.3, 0.4) is 0 Å². The fourth-order valence-electron chi connectivity index (χ4n) is 4.30. The summed E-state index contributed by atoms with van der Waals surface area (Å²) in [5, 5.41) is 15.9. The number of aliphatic hydroxyl groups is 1. The maximum Gasteiger partial charge on any atom is 0.222 e. The number of benzene rings is 2. The lowest BCUT2D eigenvalue weighted by Crippen LogP contribution is -2.33. The van der Waals surface area contributed by atoms with Crippen molar-refractivity contribution >= 4 is 11.8 Å². The van der Waals surface area contributed by atoms with Gasteiger partial charge in [-0.2, -0.15) is 0 Å². The van der Waals surface area contributed by atoms with Crippen molar-refractivity contribution in [2.45, 2.75) is 43.6 Å². The Labute approximate surface area is 177 Å². The second-order valence-electron chi connectivity index (χ2n) is 8.70. The molecular weight excluding hydrogens is 376 g/mol. The van der Waals surface area contributed by atoms with Crippen molar-refractivity contribution in [1.29, 1.82) is 0 Å². The zero-order valence-electron chi connectivity index (χ0n) is 17.2. The largest absolute Gasteiger partial charge is 0.392 e. The van der Waals surface area contributed by atoms with Crippen LogP contribution in [0.5, 0.6) is 0 Å². The number of amides is 2. The molecule has 0 radical (unpaired) electrons. The molecular formula is C25H30N2O3. The Morgan fingerprint density at radius 1 is 0.767 bits per heavy atom. The van der Waals surface area contributed by atoms with Crippen molar-refractivity contribution in [2.24, 2.45) is 11.8 Å². The molecule has 2 aliphatic rings. The van der Waals surface area contributed by atoms with E-state index in [4.69, 9.17) is 0 Å². The predicted octanol–water partition coefficient (Wildman–Crippen LogP) is 2.97. The Kier molecular flexibility index (Phi) is 6.48. The molecule has 3 N–H and O–H groups in total. The highest BCUT2D eigenvalue weighted by molar-refractivity contribution is 5.79. The first-order valence-corrected chi connectivity index (χ1v) is 10.9. The molecule has 0 saturated heterocycles. The summed E-state index contributed by atoms with van der Waals surface area (Å²) in [6, 6.07) is 20.7. The standard InChI is InChI=1S/C25H30N2O3/c28-21(13-24(29)26-15-19-11-22(19)17-7-3-1-4-8-17)14-25(30)27-16-20-12-23(20)18-9-5-2-6-10-18/h1-10,19-23,28H,11-16H2,(H,26,29)(H,27,30)/t19-,20-,22-,23-/m0/s1. The normalized spacial score (nSPS) is 24.3. The molecule has 0 aromatic heterocycles. The van der Waals surface area contributed by atoms with Gasteiger partial charge >= 0.3 is 0 Å². The van der Waals surface area contributed by atoms with Gasteiger partial charge in [-0.1, -0.05) is 60.7 Å². The van der Waals surface area contributed by atoms with Gasteiger partial charge in [0.2, 0.25) is 11.8 Å². The average Bonchev–Trinajstić information content (AvgIpc) is 3.67. The molecule has 4 rings (SSSR count). The highest BCUT2D eigenvalue weighted by Gasteiger charge is 2.39. The Bertz CT molecular complexity index is 784. The second kappa shape index (κ2) is 9.43. The number of hydrogen-bond donors (Lipinski definition) is 3. The van der Waals surface area contributed by atoms with E-state index in [0.717, 1.165) is 12.8 Å². The summed E-state index contributed by atoms with van der Waals surface area (Å²) in [6.07, 6.45) is 1.15. The Balaban J connectivity index is 1.08. The van der Waals surface area contributed by atoms with Crippen molar-refractivity contribution < 1.29 is 14.7 Å². The molecule has 0 unspecified atom stereocenters. The molecule has 0 spiro atoms. The summed E-state index contributed by atoms with van der Waals surface area (Å²) >= 11 is 0. The predicted molar refractivity (Wildman–Crippen MR) is 116 cm³/mol. The Morgan fingerprint density at radius 2 is 1.17 bits per heavy atom. The van der Waals surface area contributed by atoms with Gasteiger partial charge in [-0.05, 0) is 47.6 Å². The molecule has 30 heavy (non-hydrogen) atoms. The maximum atomic E-state index is 12.1. The maximum absolute atomic E-state index is 12.1. The topological polar surface area (TPSA) is 78.4 Å². The van der Waals surface area contributed by atoms with Crippen LogP contribution in [-0.2, 0) is 9.59 Å². The van der Waals surface area contributed by atoms with Gasteiger partial charge in [-0.3, -0.25) is 9.59 Å². The minimum atomic E-state index is -0.946. The number of aliphatic hydroxyl groups excluding tert-OH is 1. The van der Waals surface area contributed by atoms with Gasteiger partial charge in [0.05, 0.1) is 18.9 Å². The van der Waals surface area contributed by atoms with Crippen LogP contribution in [0, 0.1) is 11.8 Å². The quantitative estimate of drug-likeness (QED) is 0.568. The lowest BCUT2D eigenvalue weighted by Gasteiger charge is -2.11. The number of carbonyl (C=O) groups excluding carboxylic acids is 2. The highest BCUT2D eigenvalue weighted by Crippen LogP contribution is 2.47. The van der Waals surface area contributed by atoms with Crippen molar-refractivity contribution in [2.75, 3.05) is 13.1 Å². The minimum Gasteiger partial charge on any atom is -0.392 e. The third-order valence-corrected chi connectivity index (χ3v) is 6.27. The lowest BCUT2D eigenvalue weighted by atomic mass is 10.1. The fraction of sp³-hybridized carbons (Fsp3) is 0.440. The van der Waals surface area contributed by atoms with Crippen molar-refractivity contribution in [3.8, 4) is 0 Å². The molecule has 0 bridgehead atoms. The van der Waals surface area contributed by atoms with Gasteiger partial charge in [0.15, 0.2) is 0 Å². The van der Waals surface area contributed by atoms with Crippen molar-refractivity contribution in [1.82, 2.24) is 10.6 Å². The first kappa shape index (κ1) is 20.6.